The third-order valence-corrected chi connectivity index (χ3v) is 10.8. The molecule has 296 valence electrons. The molecule has 20 heteroatoms. The number of hydrogen-bond donors (Lipinski definition) is 2. The number of aryl methyl sites for hydroxylation is 1. The number of benzene rings is 3. The topological polar surface area (TPSA) is 146 Å². The van der Waals surface area contributed by atoms with Crippen molar-refractivity contribution in [2.75, 3.05) is 11.0 Å². The molecule has 1 amide bonds. The fourth-order valence-corrected chi connectivity index (χ4v) is 8.38. The molecule has 0 bridgehead atoms. The monoisotopic (exact) mass is 830 g/mol. The lowest BCUT2D eigenvalue weighted by Crippen LogP contribution is -2.38. The molecule has 2 N–H and O–H groups in total. The highest BCUT2D eigenvalue weighted by Crippen LogP contribution is 2.68. The molecule has 6 aromatic rings. The van der Waals surface area contributed by atoms with E-state index in [0.717, 1.165) is 23.0 Å². The van der Waals surface area contributed by atoms with Crippen LogP contribution in [0.25, 0.3) is 27.8 Å². The Hall–Kier alpha value is -5.69. The predicted molar refractivity (Wildman–Crippen MR) is 196 cm³/mol. The van der Waals surface area contributed by atoms with Crippen molar-refractivity contribution in [3.63, 3.8) is 0 Å². The summed E-state index contributed by atoms with van der Waals surface area (Å²) < 4.78 is 118. The Morgan fingerprint density at radius 2 is 1.74 bits per heavy atom. The van der Waals surface area contributed by atoms with Crippen LogP contribution in [0.5, 0.6) is 0 Å². The van der Waals surface area contributed by atoms with E-state index in [-0.39, 0.29) is 56.5 Å². The molecule has 0 radical (unpaired) electrons. The Balaban J connectivity index is 1.31. The molecule has 0 saturated heterocycles. The third-order valence-electron chi connectivity index (χ3n) is 9.92. The van der Waals surface area contributed by atoms with E-state index < -0.39 is 87.7 Å². The molecular weight excluding hydrogens is 802 g/mol. The number of carbonyl (C=O) groups excluding carboxylic acids is 1. The van der Waals surface area contributed by atoms with Gasteiger partial charge in [-0.1, -0.05) is 41.9 Å². The van der Waals surface area contributed by atoms with Gasteiger partial charge in [-0.25, -0.2) is 31.0 Å². The Morgan fingerprint density at radius 1 is 1.04 bits per heavy atom. The SMILES string of the molecule is Cn1nc(NS(C)(=O)=O)c2c(Cl)ccc(-n3c([C@H](Cc4cc(F)cc(F)c4)NC(=O)Cn4nc(C(F)F)c5c4C(F)(F)C4CC54)nc(-c4ccccc4)cc3=O)c21. The van der Waals surface area contributed by atoms with Gasteiger partial charge < -0.3 is 5.32 Å². The van der Waals surface area contributed by atoms with Crippen LogP contribution in [0.1, 0.15) is 53.1 Å². The molecule has 3 heterocycles. The lowest BCUT2D eigenvalue weighted by Gasteiger charge is -2.24. The van der Waals surface area contributed by atoms with Crippen LogP contribution in [0.3, 0.4) is 0 Å². The fourth-order valence-electron chi connectivity index (χ4n) is 7.64. The second-order valence-electron chi connectivity index (χ2n) is 14.0. The molecular formula is C37H29ClF6N8O4S. The van der Waals surface area contributed by atoms with Crippen molar-refractivity contribution in [3.8, 4) is 16.9 Å². The first-order valence-corrected chi connectivity index (χ1v) is 19.5. The summed E-state index contributed by atoms with van der Waals surface area (Å²) in [6, 6.07) is 13.5. The maximum absolute atomic E-state index is 15.4. The molecule has 1 saturated carbocycles. The number of nitrogens with one attached hydrogen (secondary N) is 2. The van der Waals surface area contributed by atoms with Gasteiger partial charge in [0.25, 0.3) is 17.9 Å². The first-order valence-electron chi connectivity index (χ1n) is 17.3. The van der Waals surface area contributed by atoms with Crippen LogP contribution in [0.4, 0.5) is 32.2 Å². The van der Waals surface area contributed by atoms with Gasteiger partial charge in [0.05, 0.1) is 39.6 Å². The van der Waals surface area contributed by atoms with Crippen molar-refractivity contribution in [3.05, 3.63) is 122 Å². The zero-order valence-electron chi connectivity index (χ0n) is 29.7. The second kappa shape index (κ2) is 13.8. The quantitative estimate of drug-likeness (QED) is 0.141. The average Bonchev–Trinajstić information content (AvgIpc) is 3.66. The summed E-state index contributed by atoms with van der Waals surface area (Å²) in [6.45, 7) is -0.964. The van der Waals surface area contributed by atoms with Gasteiger partial charge in [0.15, 0.2) is 5.82 Å². The molecule has 3 aromatic heterocycles. The maximum Gasteiger partial charge on any atom is 0.293 e. The summed E-state index contributed by atoms with van der Waals surface area (Å²) >= 11 is 6.56. The highest BCUT2D eigenvalue weighted by atomic mass is 35.5. The molecule has 0 aliphatic heterocycles. The highest BCUT2D eigenvalue weighted by molar-refractivity contribution is 7.92. The Bertz CT molecular complexity index is 2770. The van der Waals surface area contributed by atoms with Crippen LogP contribution in [-0.2, 0) is 40.8 Å². The minimum Gasteiger partial charge on any atom is -0.344 e. The maximum atomic E-state index is 15.4. The summed E-state index contributed by atoms with van der Waals surface area (Å²) in [6.07, 6.45) is -2.72. The number of nitrogens with zero attached hydrogens (tertiary/aromatic N) is 6. The van der Waals surface area contributed by atoms with Gasteiger partial charge in [0.1, 0.15) is 35.4 Å². The largest absolute Gasteiger partial charge is 0.344 e. The van der Waals surface area contributed by atoms with E-state index in [9.17, 15) is 35.6 Å². The average molecular weight is 831 g/mol. The third kappa shape index (κ3) is 6.91. The summed E-state index contributed by atoms with van der Waals surface area (Å²) in [7, 11) is -2.43. The van der Waals surface area contributed by atoms with Gasteiger partial charge in [-0.05, 0) is 42.2 Å². The van der Waals surface area contributed by atoms with E-state index in [0.29, 0.717) is 16.3 Å². The Labute approximate surface area is 324 Å². The number of amides is 1. The molecule has 1 fully saturated rings. The first-order chi connectivity index (χ1) is 26.9. The number of carbonyl (C=O) groups is 1. The smallest absolute Gasteiger partial charge is 0.293 e. The molecule has 2 unspecified atom stereocenters. The van der Waals surface area contributed by atoms with Gasteiger partial charge in [-0.3, -0.25) is 28.2 Å². The van der Waals surface area contributed by atoms with Crippen molar-refractivity contribution >= 4 is 44.3 Å². The van der Waals surface area contributed by atoms with Gasteiger partial charge >= 0.3 is 0 Å². The van der Waals surface area contributed by atoms with E-state index in [2.05, 4.69) is 20.2 Å². The van der Waals surface area contributed by atoms with E-state index in [4.69, 9.17) is 16.6 Å². The minimum absolute atomic E-state index is 0.00523. The fraction of sp³-hybridized carbons (Fsp3) is 0.270. The summed E-state index contributed by atoms with van der Waals surface area (Å²) in [5.74, 6) is -8.91. The van der Waals surface area contributed by atoms with Crippen LogP contribution in [0, 0.1) is 17.6 Å². The summed E-state index contributed by atoms with van der Waals surface area (Å²) in [5, 5.41) is 10.8. The Morgan fingerprint density at radius 3 is 2.40 bits per heavy atom. The first kappa shape index (κ1) is 38.2. The number of anilines is 1. The van der Waals surface area contributed by atoms with Gasteiger partial charge in [-0.15, -0.1) is 0 Å². The number of fused-ring (bicyclic) bond motifs is 4. The molecule has 57 heavy (non-hydrogen) atoms. The van der Waals surface area contributed by atoms with Crippen LogP contribution < -0.4 is 15.6 Å². The van der Waals surface area contributed by atoms with Crippen molar-refractivity contribution < 1.29 is 39.6 Å². The lowest BCUT2D eigenvalue weighted by molar-refractivity contribution is -0.123. The van der Waals surface area contributed by atoms with Gasteiger partial charge in [-0.2, -0.15) is 19.0 Å². The number of rotatable bonds is 11. The van der Waals surface area contributed by atoms with E-state index >= 15 is 8.78 Å². The molecule has 12 nitrogen and oxygen atoms in total. The predicted octanol–water partition coefficient (Wildman–Crippen LogP) is 6.53. The van der Waals surface area contributed by atoms with Crippen LogP contribution in [0.2, 0.25) is 5.02 Å². The van der Waals surface area contributed by atoms with E-state index in [1.165, 1.54) is 29.9 Å². The zero-order valence-corrected chi connectivity index (χ0v) is 31.2. The molecule has 2 aliphatic rings. The van der Waals surface area contributed by atoms with E-state index in [1.54, 1.807) is 30.3 Å². The van der Waals surface area contributed by atoms with Gasteiger partial charge in [0, 0.05) is 42.6 Å². The lowest BCUT2D eigenvalue weighted by atomic mass is 10.0. The summed E-state index contributed by atoms with van der Waals surface area (Å²) in [5.41, 5.74) is -1.93. The molecule has 3 atom stereocenters. The van der Waals surface area contributed by atoms with Crippen molar-refractivity contribution in [1.29, 1.82) is 0 Å². The standard InChI is InChI=1S/C37H29ClF6N8O4S/c1-50-32-26(9-8-23(38)30(32)35(48-50)49-57(2,55)56)52-28(54)15-24(18-6-4-3-5-7-18)46-36(52)25(12-17-10-19(39)13-20(40)11-17)45-27(53)16-51-33-29(31(47-51)34(41)42)21-14-22(21)37(33,43)44/h3-11,13,15,21-22,25,34H,12,14,16H2,1-2H3,(H,45,53)(H,48,49)/t21?,22?,25-/m0/s1. The molecule has 8 rings (SSSR count). The molecule has 2 aliphatic carbocycles. The summed E-state index contributed by atoms with van der Waals surface area (Å²) in [4.78, 5) is 33.1. The zero-order chi connectivity index (χ0) is 40.7. The minimum atomic E-state index is -3.88. The number of aromatic nitrogens is 6. The normalized spacial score (nSPS) is 17.4. The molecule has 3 aromatic carbocycles. The van der Waals surface area contributed by atoms with Gasteiger partial charge in [0.2, 0.25) is 15.9 Å². The number of sulfonamides is 1. The number of halogens is 7. The van der Waals surface area contributed by atoms with Crippen LogP contribution in [0.15, 0.2) is 71.5 Å². The second-order valence-corrected chi connectivity index (χ2v) is 16.1. The number of hydrogen-bond acceptors (Lipinski definition) is 7. The Kier molecular flexibility index (Phi) is 9.22. The van der Waals surface area contributed by atoms with Crippen molar-refractivity contribution in [2.45, 2.75) is 43.7 Å². The molecule has 0 spiro atoms. The highest BCUT2D eigenvalue weighted by Gasteiger charge is 2.67. The van der Waals surface area contributed by atoms with Crippen molar-refractivity contribution in [1.82, 2.24) is 34.4 Å². The number of alkyl halides is 4. The van der Waals surface area contributed by atoms with E-state index in [1.807, 2.05) is 0 Å². The van der Waals surface area contributed by atoms with Crippen molar-refractivity contribution in [2.24, 2.45) is 13.0 Å². The van der Waals surface area contributed by atoms with Crippen LogP contribution in [-0.4, -0.2) is 49.7 Å². The van der Waals surface area contributed by atoms with Crippen LogP contribution >= 0.6 is 11.6 Å².